The Morgan fingerprint density at radius 3 is 0.961 bits per heavy atom. The van der Waals surface area contributed by atoms with Crippen LogP contribution in [0.3, 0.4) is 0 Å². The lowest BCUT2D eigenvalue weighted by molar-refractivity contribution is -0.870. The summed E-state index contributed by atoms with van der Waals surface area (Å²) in [6.07, 6.45) is 68.9. The monoisotopic (exact) mass is 1090 g/mol. The number of aliphatic carboxylic acids is 1. The van der Waals surface area contributed by atoms with E-state index in [1.54, 1.807) is 0 Å². The van der Waals surface area contributed by atoms with Gasteiger partial charge in [-0.25, -0.2) is 4.79 Å². The van der Waals surface area contributed by atoms with Crippen LogP contribution in [-0.4, -0.2) is 87.4 Å². The average molecular weight is 1090 g/mol. The van der Waals surface area contributed by atoms with Gasteiger partial charge in [0.1, 0.15) is 13.2 Å². The van der Waals surface area contributed by atoms with Crippen LogP contribution in [0.25, 0.3) is 0 Å². The number of hydrogen-bond acceptors (Lipinski definition) is 7. The van der Waals surface area contributed by atoms with E-state index in [1.807, 2.05) is 21.1 Å². The SMILES string of the molecule is CCCCCCCCCC/C=C\CCCCCCCCCCCCCCCCCC(=O)OC(COC(=O)CCCCCCCCCCCCCCCCCCCCCCCCCCC)COC(OCC[N+](C)(C)C)C(=O)O. The normalized spacial score (nSPS) is 12.7. The lowest BCUT2D eigenvalue weighted by atomic mass is 10.0. The summed E-state index contributed by atoms with van der Waals surface area (Å²) in [5.41, 5.74) is 0. The highest BCUT2D eigenvalue weighted by atomic mass is 16.7. The van der Waals surface area contributed by atoms with Gasteiger partial charge in [0.15, 0.2) is 6.10 Å². The first-order valence-electron chi connectivity index (χ1n) is 33.9. The third kappa shape index (κ3) is 61.5. The first-order valence-corrected chi connectivity index (χ1v) is 33.9. The van der Waals surface area contributed by atoms with Crippen molar-refractivity contribution >= 4 is 17.9 Å². The Kier molecular flexibility index (Phi) is 58.6. The van der Waals surface area contributed by atoms with Crippen molar-refractivity contribution in [3.8, 4) is 0 Å². The molecule has 0 radical (unpaired) electrons. The van der Waals surface area contributed by atoms with E-state index in [0.717, 1.165) is 38.5 Å². The molecule has 77 heavy (non-hydrogen) atoms. The Balaban J connectivity index is 4.09. The minimum atomic E-state index is -1.51. The summed E-state index contributed by atoms with van der Waals surface area (Å²) >= 11 is 0. The number of unbranched alkanes of at least 4 members (excludes halogenated alkanes) is 47. The predicted octanol–water partition coefficient (Wildman–Crippen LogP) is 20.5. The van der Waals surface area contributed by atoms with Crippen LogP contribution in [-0.2, 0) is 33.3 Å². The third-order valence-electron chi connectivity index (χ3n) is 15.5. The highest BCUT2D eigenvalue weighted by molar-refractivity contribution is 5.71. The maximum atomic E-state index is 12.9. The zero-order chi connectivity index (χ0) is 56.2. The fourth-order valence-corrected chi connectivity index (χ4v) is 10.3. The molecule has 0 aromatic carbocycles. The van der Waals surface area contributed by atoms with E-state index >= 15 is 0 Å². The van der Waals surface area contributed by atoms with Gasteiger partial charge < -0.3 is 28.5 Å². The number of rotatable bonds is 64. The molecule has 2 atom stereocenters. The summed E-state index contributed by atoms with van der Waals surface area (Å²) in [4.78, 5) is 37.6. The topological polar surface area (TPSA) is 108 Å². The number of carboxylic acid groups (broad SMARTS) is 1. The molecule has 0 aliphatic carbocycles. The second-order valence-corrected chi connectivity index (χ2v) is 24.5. The largest absolute Gasteiger partial charge is 0.477 e. The standard InChI is InChI=1S/C68H131NO8/c1-6-8-10-12-14-16-18-20-22-24-26-28-30-32-33-35-37-39-41-43-45-47-49-51-53-55-57-59-66(71)77-64(63-76-68(67(72)73)74-61-60-69(3,4)5)62-75-65(70)58-56-54-52-50-48-46-44-42-40-38-36-34-31-29-27-25-23-21-19-17-15-13-11-9-7-2/h24,26,64,68H,6-23,25,27-63H2,1-5H3/p+1/b26-24-. The Bertz CT molecular complexity index is 1270. The zero-order valence-electron chi connectivity index (χ0n) is 52.2. The Hall–Kier alpha value is -1.97. The summed E-state index contributed by atoms with van der Waals surface area (Å²) in [5.74, 6) is -1.97. The quantitative estimate of drug-likeness (QED) is 0.0211. The molecule has 0 aliphatic heterocycles. The van der Waals surface area contributed by atoms with Gasteiger partial charge in [-0.3, -0.25) is 9.59 Å². The number of carboxylic acids is 1. The number of nitrogens with zero attached hydrogens (tertiary/aromatic N) is 1. The molecule has 0 rings (SSSR count). The molecule has 0 aromatic heterocycles. The number of esters is 2. The first kappa shape index (κ1) is 75.0. The number of hydrogen-bond donors (Lipinski definition) is 1. The maximum absolute atomic E-state index is 12.9. The van der Waals surface area contributed by atoms with E-state index in [9.17, 15) is 19.5 Å². The Morgan fingerprint density at radius 2 is 0.662 bits per heavy atom. The summed E-state index contributed by atoms with van der Waals surface area (Å²) in [6, 6.07) is 0. The average Bonchev–Trinajstić information content (AvgIpc) is 3.40. The molecule has 0 aromatic rings. The van der Waals surface area contributed by atoms with Crippen LogP contribution in [0.15, 0.2) is 12.2 Å². The van der Waals surface area contributed by atoms with Crippen molar-refractivity contribution in [1.29, 1.82) is 0 Å². The summed E-state index contributed by atoms with van der Waals surface area (Å²) < 4.78 is 23.0. The van der Waals surface area contributed by atoms with Gasteiger partial charge >= 0.3 is 17.9 Å². The number of carbonyl (C=O) groups is 3. The highest BCUT2D eigenvalue weighted by Gasteiger charge is 2.25. The molecule has 9 nitrogen and oxygen atoms in total. The molecule has 0 saturated carbocycles. The van der Waals surface area contributed by atoms with E-state index in [-0.39, 0.29) is 38.2 Å². The zero-order valence-corrected chi connectivity index (χ0v) is 52.2. The fourth-order valence-electron chi connectivity index (χ4n) is 10.3. The highest BCUT2D eigenvalue weighted by Crippen LogP contribution is 2.19. The Labute approximate surface area is 478 Å². The molecule has 0 amide bonds. The van der Waals surface area contributed by atoms with E-state index < -0.39 is 18.4 Å². The van der Waals surface area contributed by atoms with Gasteiger partial charge in [-0.05, 0) is 38.5 Å². The lowest BCUT2D eigenvalue weighted by Crippen LogP contribution is -2.40. The van der Waals surface area contributed by atoms with Crippen molar-refractivity contribution in [2.24, 2.45) is 0 Å². The summed E-state index contributed by atoms with van der Waals surface area (Å²) in [6.45, 7) is 4.96. The molecule has 0 heterocycles. The molecular formula is C68H132NO8+. The maximum Gasteiger partial charge on any atom is 0.361 e. The van der Waals surface area contributed by atoms with Gasteiger partial charge in [0.25, 0.3) is 6.29 Å². The number of allylic oxidation sites excluding steroid dienone is 2. The van der Waals surface area contributed by atoms with Crippen LogP contribution in [0, 0.1) is 0 Å². The second kappa shape index (κ2) is 60.1. The molecule has 1 N–H and O–H groups in total. The fraction of sp³-hybridized carbons (Fsp3) is 0.926. The first-order chi connectivity index (χ1) is 37.6. The van der Waals surface area contributed by atoms with Crippen LogP contribution in [0.4, 0.5) is 0 Å². The third-order valence-corrected chi connectivity index (χ3v) is 15.5. The number of likely N-dealkylation sites (N-methyl/N-ethyl adjacent to an activating group) is 1. The van der Waals surface area contributed by atoms with E-state index in [0.29, 0.717) is 17.4 Å². The molecule has 0 spiro atoms. The minimum absolute atomic E-state index is 0.174. The minimum Gasteiger partial charge on any atom is -0.477 e. The van der Waals surface area contributed by atoms with Gasteiger partial charge in [-0.1, -0.05) is 309 Å². The lowest BCUT2D eigenvalue weighted by Gasteiger charge is -2.25. The van der Waals surface area contributed by atoms with Crippen molar-refractivity contribution in [2.75, 3.05) is 47.5 Å². The van der Waals surface area contributed by atoms with Gasteiger partial charge in [0.05, 0.1) is 34.4 Å². The van der Waals surface area contributed by atoms with Crippen LogP contribution < -0.4 is 0 Å². The number of quaternary nitrogens is 1. The van der Waals surface area contributed by atoms with E-state index in [2.05, 4.69) is 26.0 Å². The molecule has 0 bridgehead atoms. The number of ether oxygens (including phenoxy) is 4. The molecule has 456 valence electrons. The number of carbonyl (C=O) groups excluding carboxylic acids is 2. The summed E-state index contributed by atoms with van der Waals surface area (Å²) in [5, 5.41) is 9.73. The molecule has 2 unspecified atom stereocenters. The van der Waals surface area contributed by atoms with Crippen molar-refractivity contribution in [1.82, 2.24) is 0 Å². The summed E-state index contributed by atoms with van der Waals surface area (Å²) in [7, 11) is 5.99. The molecule has 0 fully saturated rings. The van der Waals surface area contributed by atoms with Crippen LogP contribution in [0.5, 0.6) is 0 Å². The van der Waals surface area contributed by atoms with Crippen molar-refractivity contribution < 1.29 is 42.9 Å². The van der Waals surface area contributed by atoms with Gasteiger partial charge in [0, 0.05) is 12.8 Å². The van der Waals surface area contributed by atoms with Crippen LogP contribution in [0.1, 0.15) is 348 Å². The Morgan fingerprint density at radius 1 is 0.377 bits per heavy atom. The van der Waals surface area contributed by atoms with Crippen molar-refractivity contribution in [2.45, 2.75) is 360 Å². The second-order valence-electron chi connectivity index (χ2n) is 24.5. The van der Waals surface area contributed by atoms with E-state index in [4.69, 9.17) is 18.9 Å². The van der Waals surface area contributed by atoms with Gasteiger partial charge in [-0.2, -0.15) is 0 Å². The molecule has 9 heteroatoms. The van der Waals surface area contributed by atoms with Crippen LogP contribution >= 0.6 is 0 Å². The van der Waals surface area contributed by atoms with E-state index in [1.165, 1.54) is 283 Å². The molecular weight excluding hydrogens is 959 g/mol. The van der Waals surface area contributed by atoms with Gasteiger partial charge in [-0.15, -0.1) is 0 Å². The van der Waals surface area contributed by atoms with Crippen molar-refractivity contribution in [3.63, 3.8) is 0 Å². The van der Waals surface area contributed by atoms with Crippen molar-refractivity contribution in [3.05, 3.63) is 12.2 Å². The predicted molar refractivity (Wildman–Crippen MR) is 328 cm³/mol. The van der Waals surface area contributed by atoms with Crippen LogP contribution in [0.2, 0.25) is 0 Å². The molecule has 0 aliphatic rings. The van der Waals surface area contributed by atoms with Gasteiger partial charge in [0.2, 0.25) is 0 Å². The smallest absolute Gasteiger partial charge is 0.361 e. The molecule has 0 saturated heterocycles.